The molecule has 0 amide bonds. The fraction of sp³-hybridized carbons (Fsp3) is 0.364. The van der Waals surface area contributed by atoms with E-state index in [1.807, 2.05) is 43.3 Å². The van der Waals surface area contributed by atoms with Crippen LogP contribution in [-0.4, -0.2) is 36.5 Å². The zero-order chi connectivity index (χ0) is 21.0. The molecule has 0 saturated heterocycles. The van der Waals surface area contributed by atoms with Crippen molar-refractivity contribution < 1.29 is 12.9 Å². The first kappa shape index (κ1) is 21.2. The highest BCUT2D eigenvalue weighted by Crippen LogP contribution is 2.20. The molecule has 0 aliphatic carbocycles. The molecule has 0 spiro atoms. The van der Waals surface area contributed by atoms with Crippen molar-refractivity contribution in [2.24, 2.45) is 5.92 Å². The van der Waals surface area contributed by atoms with Crippen molar-refractivity contribution in [3.8, 4) is 11.5 Å². The van der Waals surface area contributed by atoms with Gasteiger partial charge >= 0.3 is 0 Å². The molecule has 7 heteroatoms. The number of benzene rings is 2. The van der Waals surface area contributed by atoms with Crippen molar-refractivity contribution in [3.05, 3.63) is 65.5 Å². The van der Waals surface area contributed by atoms with E-state index in [0.717, 1.165) is 23.1 Å². The smallest absolute Gasteiger partial charge is 0.257 e. The van der Waals surface area contributed by atoms with E-state index in [4.69, 9.17) is 4.52 Å². The van der Waals surface area contributed by atoms with Gasteiger partial charge in [0.1, 0.15) is 0 Å². The van der Waals surface area contributed by atoms with Gasteiger partial charge in [0.25, 0.3) is 5.89 Å². The minimum atomic E-state index is -3.56. The Labute approximate surface area is 172 Å². The number of likely N-dealkylation sites (N-methyl/N-ethyl adjacent to an activating group) is 1. The van der Waals surface area contributed by atoms with E-state index < -0.39 is 10.0 Å². The summed E-state index contributed by atoms with van der Waals surface area (Å²) in [7, 11) is -1.99. The molecule has 0 bridgehead atoms. The molecule has 154 valence electrons. The van der Waals surface area contributed by atoms with Crippen molar-refractivity contribution >= 4 is 10.0 Å². The predicted molar refractivity (Wildman–Crippen MR) is 113 cm³/mol. The summed E-state index contributed by atoms with van der Waals surface area (Å²) >= 11 is 0. The van der Waals surface area contributed by atoms with Gasteiger partial charge in [0.05, 0.1) is 4.90 Å². The summed E-state index contributed by atoms with van der Waals surface area (Å²) in [6.07, 6.45) is 1.30. The number of hydrogen-bond acceptors (Lipinski definition) is 5. The third-order valence-corrected chi connectivity index (χ3v) is 6.53. The molecule has 1 heterocycles. The molecule has 3 rings (SSSR count). The van der Waals surface area contributed by atoms with E-state index in [-0.39, 0.29) is 6.54 Å². The average molecular weight is 414 g/mol. The molecule has 29 heavy (non-hydrogen) atoms. The summed E-state index contributed by atoms with van der Waals surface area (Å²) in [4.78, 5) is 4.68. The second-order valence-corrected chi connectivity index (χ2v) is 9.75. The molecule has 3 aromatic rings. The molecule has 0 atom stereocenters. The van der Waals surface area contributed by atoms with Crippen LogP contribution in [0.4, 0.5) is 0 Å². The summed E-state index contributed by atoms with van der Waals surface area (Å²) in [5.74, 6) is 1.45. The molecule has 0 fully saturated rings. The SMILES string of the molecule is Cc1cccc(-c2nc(CCN(C)S(=O)(=O)c3ccc(CC(C)C)cc3)no2)c1. The summed E-state index contributed by atoms with van der Waals surface area (Å²) < 4.78 is 32.3. The van der Waals surface area contributed by atoms with Crippen molar-refractivity contribution in [1.29, 1.82) is 0 Å². The fourth-order valence-electron chi connectivity index (χ4n) is 3.08. The maximum Gasteiger partial charge on any atom is 0.257 e. The topological polar surface area (TPSA) is 76.3 Å². The van der Waals surface area contributed by atoms with Crippen LogP contribution in [0.25, 0.3) is 11.5 Å². The number of sulfonamides is 1. The van der Waals surface area contributed by atoms with Crippen LogP contribution < -0.4 is 0 Å². The van der Waals surface area contributed by atoms with Crippen molar-refractivity contribution in [2.45, 2.75) is 38.5 Å². The Bertz CT molecular complexity index is 1060. The molecule has 2 aromatic carbocycles. The second-order valence-electron chi connectivity index (χ2n) is 7.70. The van der Waals surface area contributed by atoms with E-state index in [1.165, 1.54) is 4.31 Å². The molecular weight excluding hydrogens is 386 g/mol. The van der Waals surface area contributed by atoms with Crippen molar-refractivity contribution in [3.63, 3.8) is 0 Å². The van der Waals surface area contributed by atoms with Crippen LogP contribution in [0.3, 0.4) is 0 Å². The Morgan fingerprint density at radius 3 is 2.48 bits per heavy atom. The van der Waals surface area contributed by atoms with Gasteiger partial charge < -0.3 is 4.52 Å². The Morgan fingerprint density at radius 1 is 1.10 bits per heavy atom. The third kappa shape index (κ3) is 5.31. The van der Waals surface area contributed by atoms with Crippen LogP contribution in [0.2, 0.25) is 0 Å². The molecule has 6 nitrogen and oxygen atoms in total. The summed E-state index contributed by atoms with van der Waals surface area (Å²) in [6.45, 7) is 6.54. The summed E-state index contributed by atoms with van der Waals surface area (Å²) in [6, 6.07) is 14.9. The quantitative estimate of drug-likeness (QED) is 0.555. The first-order chi connectivity index (χ1) is 13.8. The highest BCUT2D eigenvalue weighted by molar-refractivity contribution is 7.89. The van der Waals surface area contributed by atoms with Crippen LogP contribution in [0, 0.1) is 12.8 Å². The van der Waals surface area contributed by atoms with Gasteiger partial charge in [-0.25, -0.2) is 12.7 Å². The maximum atomic E-state index is 12.8. The standard InChI is InChI=1S/C22H27N3O3S/c1-16(2)14-18-8-10-20(11-9-18)29(26,27)25(4)13-12-21-23-22(28-24-21)19-7-5-6-17(3)15-19/h5-11,15-16H,12-14H2,1-4H3. The Balaban J connectivity index is 1.64. The van der Waals surface area contributed by atoms with Gasteiger partial charge in [-0.2, -0.15) is 4.98 Å². The van der Waals surface area contributed by atoms with Crippen LogP contribution in [0.1, 0.15) is 30.8 Å². The largest absolute Gasteiger partial charge is 0.334 e. The van der Waals surface area contributed by atoms with Gasteiger partial charge in [-0.05, 0) is 49.1 Å². The number of rotatable bonds is 8. The van der Waals surface area contributed by atoms with Gasteiger partial charge in [-0.1, -0.05) is 48.8 Å². The number of hydrogen-bond donors (Lipinski definition) is 0. The lowest BCUT2D eigenvalue weighted by Gasteiger charge is -2.16. The van der Waals surface area contributed by atoms with Crippen molar-refractivity contribution in [2.75, 3.05) is 13.6 Å². The van der Waals surface area contributed by atoms with E-state index in [0.29, 0.717) is 28.9 Å². The first-order valence-corrected chi connectivity index (χ1v) is 11.1. The lowest BCUT2D eigenvalue weighted by molar-refractivity contribution is 0.415. The zero-order valence-electron chi connectivity index (χ0n) is 17.3. The average Bonchev–Trinajstić information content (AvgIpc) is 3.15. The molecule has 0 unspecified atom stereocenters. The van der Waals surface area contributed by atoms with E-state index in [1.54, 1.807) is 19.2 Å². The predicted octanol–water partition coefficient (Wildman–Crippen LogP) is 4.11. The van der Waals surface area contributed by atoms with Gasteiger partial charge in [0, 0.05) is 25.6 Å². The van der Waals surface area contributed by atoms with Crippen LogP contribution in [-0.2, 0) is 22.9 Å². The van der Waals surface area contributed by atoms with Gasteiger partial charge in [-0.3, -0.25) is 0 Å². The third-order valence-electron chi connectivity index (χ3n) is 4.66. The minimum Gasteiger partial charge on any atom is -0.334 e. The molecule has 0 N–H and O–H groups in total. The van der Waals surface area contributed by atoms with Crippen LogP contribution in [0.5, 0.6) is 0 Å². The Kier molecular flexibility index (Phi) is 6.49. The highest BCUT2D eigenvalue weighted by Gasteiger charge is 2.21. The number of nitrogens with zero attached hydrogens (tertiary/aromatic N) is 3. The molecule has 0 aliphatic heterocycles. The summed E-state index contributed by atoms with van der Waals surface area (Å²) in [5.41, 5.74) is 3.09. The lowest BCUT2D eigenvalue weighted by atomic mass is 10.0. The van der Waals surface area contributed by atoms with E-state index in [9.17, 15) is 8.42 Å². The monoisotopic (exact) mass is 413 g/mol. The van der Waals surface area contributed by atoms with E-state index >= 15 is 0 Å². The lowest BCUT2D eigenvalue weighted by Crippen LogP contribution is -2.29. The Morgan fingerprint density at radius 2 is 1.83 bits per heavy atom. The Hall–Kier alpha value is -2.51. The van der Waals surface area contributed by atoms with Gasteiger partial charge in [0.15, 0.2) is 5.82 Å². The van der Waals surface area contributed by atoms with Crippen molar-refractivity contribution in [1.82, 2.24) is 14.4 Å². The first-order valence-electron chi connectivity index (χ1n) is 9.70. The van der Waals surface area contributed by atoms with Gasteiger partial charge in [-0.15, -0.1) is 0 Å². The maximum absolute atomic E-state index is 12.8. The fourth-order valence-corrected chi connectivity index (χ4v) is 4.25. The van der Waals surface area contributed by atoms with Gasteiger partial charge in [0.2, 0.25) is 10.0 Å². The molecule has 0 saturated carbocycles. The number of aromatic nitrogens is 2. The molecule has 0 aliphatic rings. The number of aryl methyl sites for hydroxylation is 1. The highest BCUT2D eigenvalue weighted by atomic mass is 32.2. The zero-order valence-corrected chi connectivity index (χ0v) is 18.1. The molecule has 1 aromatic heterocycles. The normalized spacial score (nSPS) is 12.1. The second kappa shape index (κ2) is 8.88. The minimum absolute atomic E-state index is 0.267. The molecular formula is C22H27N3O3S. The van der Waals surface area contributed by atoms with E-state index in [2.05, 4.69) is 24.0 Å². The molecule has 0 radical (unpaired) electrons. The summed E-state index contributed by atoms with van der Waals surface area (Å²) in [5, 5.41) is 3.98. The van der Waals surface area contributed by atoms with Crippen LogP contribution >= 0.6 is 0 Å². The van der Waals surface area contributed by atoms with Crippen LogP contribution in [0.15, 0.2) is 57.9 Å².